The fraction of sp³-hybridized carbons (Fsp3) is 0.263. The molecule has 0 fully saturated rings. The van der Waals surface area contributed by atoms with Crippen molar-refractivity contribution in [3.8, 4) is 0 Å². The molecular formula is C19H20ClN3OS. The molecule has 25 heavy (non-hydrogen) atoms. The summed E-state index contributed by atoms with van der Waals surface area (Å²) < 4.78 is 7.22. The van der Waals surface area contributed by atoms with Gasteiger partial charge >= 0.3 is 0 Å². The van der Waals surface area contributed by atoms with Gasteiger partial charge in [-0.05, 0) is 29.7 Å². The number of thioether (sulfide) groups is 1. The molecule has 1 atom stereocenters. The molecule has 0 aliphatic rings. The molecule has 0 bridgehead atoms. The van der Waals surface area contributed by atoms with Gasteiger partial charge in [0.1, 0.15) is 6.33 Å². The molecule has 0 aliphatic heterocycles. The predicted molar refractivity (Wildman–Crippen MR) is 102 cm³/mol. The number of hydrogen-bond donors (Lipinski definition) is 0. The van der Waals surface area contributed by atoms with Crippen LogP contribution in [0.2, 0.25) is 5.02 Å². The molecule has 0 saturated carbocycles. The molecule has 0 spiro atoms. The molecule has 6 heteroatoms. The molecule has 0 N–H and O–H groups in total. The first kappa shape index (κ1) is 18.0. The van der Waals surface area contributed by atoms with Crippen LogP contribution in [0.4, 0.5) is 0 Å². The van der Waals surface area contributed by atoms with Crippen molar-refractivity contribution in [3.63, 3.8) is 0 Å². The van der Waals surface area contributed by atoms with E-state index in [2.05, 4.69) is 51.2 Å². The number of benzene rings is 2. The monoisotopic (exact) mass is 373 g/mol. The fourth-order valence-corrected chi connectivity index (χ4v) is 3.86. The minimum Gasteiger partial charge on any atom is -0.385 e. The molecule has 3 aromatic rings. The highest BCUT2D eigenvalue weighted by Crippen LogP contribution is 2.39. The van der Waals surface area contributed by atoms with Gasteiger partial charge in [-0.15, -0.1) is 10.2 Å². The zero-order valence-electron chi connectivity index (χ0n) is 14.0. The van der Waals surface area contributed by atoms with Crippen LogP contribution in [0.15, 0.2) is 66.1 Å². The molecular weight excluding hydrogens is 354 g/mol. The molecule has 1 unspecified atom stereocenters. The number of halogens is 1. The molecule has 130 valence electrons. The van der Waals surface area contributed by atoms with Crippen molar-refractivity contribution in [2.75, 3.05) is 13.7 Å². The van der Waals surface area contributed by atoms with Gasteiger partial charge < -0.3 is 9.30 Å². The van der Waals surface area contributed by atoms with Crippen molar-refractivity contribution >= 4 is 23.4 Å². The van der Waals surface area contributed by atoms with E-state index < -0.39 is 0 Å². The van der Waals surface area contributed by atoms with E-state index in [4.69, 9.17) is 16.3 Å². The van der Waals surface area contributed by atoms with Gasteiger partial charge in [0.2, 0.25) is 0 Å². The van der Waals surface area contributed by atoms with Crippen LogP contribution in [0, 0.1) is 0 Å². The van der Waals surface area contributed by atoms with Crippen LogP contribution < -0.4 is 0 Å². The number of hydrogen-bond acceptors (Lipinski definition) is 4. The van der Waals surface area contributed by atoms with Crippen molar-refractivity contribution in [2.24, 2.45) is 0 Å². The number of rotatable bonds is 8. The fourth-order valence-electron chi connectivity index (χ4n) is 2.57. The summed E-state index contributed by atoms with van der Waals surface area (Å²) in [4.78, 5) is 0. The van der Waals surface area contributed by atoms with Gasteiger partial charge in [0.15, 0.2) is 5.16 Å². The molecule has 4 nitrogen and oxygen atoms in total. The van der Waals surface area contributed by atoms with Gasteiger partial charge in [0.25, 0.3) is 0 Å². The predicted octanol–water partition coefficient (Wildman–Crippen LogP) is 4.85. The summed E-state index contributed by atoms with van der Waals surface area (Å²) >= 11 is 7.75. The van der Waals surface area contributed by atoms with Crippen LogP contribution in [-0.4, -0.2) is 28.5 Å². The first-order chi connectivity index (χ1) is 12.3. The lowest BCUT2D eigenvalue weighted by atomic mass is 10.0. The van der Waals surface area contributed by atoms with Crippen molar-refractivity contribution in [1.82, 2.24) is 14.8 Å². The highest BCUT2D eigenvalue weighted by atomic mass is 35.5. The maximum Gasteiger partial charge on any atom is 0.191 e. The van der Waals surface area contributed by atoms with E-state index in [1.54, 1.807) is 25.2 Å². The number of nitrogens with zero attached hydrogens (tertiary/aromatic N) is 3. The number of aryl methyl sites for hydroxylation is 1. The summed E-state index contributed by atoms with van der Waals surface area (Å²) in [6.45, 7) is 1.56. The third kappa shape index (κ3) is 4.84. The Kier molecular flexibility index (Phi) is 6.50. The highest BCUT2D eigenvalue weighted by Gasteiger charge is 2.19. The Morgan fingerprint density at radius 2 is 1.80 bits per heavy atom. The van der Waals surface area contributed by atoms with Crippen LogP contribution in [0.25, 0.3) is 0 Å². The lowest BCUT2D eigenvalue weighted by Gasteiger charge is -2.17. The summed E-state index contributed by atoms with van der Waals surface area (Å²) in [5.41, 5.74) is 2.41. The second kappa shape index (κ2) is 9.04. The normalized spacial score (nSPS) is 12.2. The minimum atomic E-state index is 0.129. The van der Waals surface area contributed by atoms with Crippen LogP contribution in [0.3, 0.4) is 0 Å². The second-order valence-corrected chi connectivity index (χ2v) is 7.12. The topological polar surface area (TPSA) is 39.9 Å². The Hall–Kier alpha value is -1.82. The highest BCUT2D eigenvalue weighted by molar-refractivity contribution is 7.99. The second-order valence-electron chi connectivity index (χ2n) is 5.61. The Bertz CT molecular complexity index is 777. The number of ether oxygens (including phenoxy) is 1. The average Bonchev–Trinajstić information content (AvgIpc) is 3.09. The zero-order chi connectivity index (χ0) is 17.5. The van der Waals surface area contributed by atoms with E-state index >= 15 is 0 Å². The van der Waals surface area contributed by atoms with Crippen molar-refractivity contribution in [2.45, 2.75) is 23.4 Å². The van der Waals surface area contributed by atoms with Crippen LogP contribution >= 0.6 is 23.4 Å². The molecule has 0 amide bonds. The Balaban J connectivity index is 1.86. The largest absolute Gasteiger partial charge is 0.385 e. The van der Waals surface area contributed by atoms with Gasteiger partial charge in [-0.2, -0.15) is 0 Å². The third-order valence-corrected chi connectivity index (χ3v) is 5.38. The summed E-state index contributed by atoms with van der Waals surface area (Å²) in [5.74, 6) is 0. The average molecular weight is 374 g/mol. The summed E-state index contributed by atoms with van der Waals surface area (Å²) in [5, 5.41) is 10.2. The maximum absolute atomic E-state index is 6.06. The van der Waals surface area contributed by atoms with Gasteiger partial charge in [-0.1, -0.05) is 65.8 Å². The molecule has 0 aliphatic carbocycles. The van der Waals surface area contributed by atoms with Crippen molar-refractivity contribution in [3.05, 3.63) is 77.1 Å². The van der Waals surface area contributed by atoms with E-state index in [9.17, 15) is 0 Å². The van der Waals surface area contributed by atoms with Crippen LogP contribution in [-0.2, 0) is 11.3 Å². The minimum absolute atomic E-state index is 0.129. The van der Waals surface area contributed by atoms with Crippen LogP contribution in [0.5, 0.6) is 0 Å². The first-order valence-corrected chi connectivity index (χ1v) is 9.37. The Morgan fingerprint density at radius 3 is 2.52 bits per heavy atom. The van der Waals surface area contributed by atoms with E-state index in [0.29, 0.717) is 0 Å². The Morgan fingerprint density at radius 1 is 1.08 bits per heavy atom. The summed E-state index contributed by atoms with van der Waals surface area (Å²) in [6, 6.07) is 18.4. The molecule has 1 heterocycles. The molecule has 1 aromatic heterocycles. The van der Waals surface area contributed by atoms with Gasteiger partial charge in [0, 0.05) is 25.3 Å². The lowest BCUT2D eigenvalue weighted by molar-refractivity contribution is 0.189. The van der Waals surface area contributed by atoms with Crippen LogP contribution in [0.1, 0.15) is 22.8 Å². The third-order valence-electron chi connectivity index (χ3n) is 3.83. The van der Waals surface area contributed by atoms with Crippen molar-refractivity contribution in [1.29, 1.82) is 0 Å². The van der Waals surface area contributed by atoms with Gasteiger partial charge in [0.05, 0.1) is 5.25 Å². The molecule has 3 rings (SSSR count). The van der Waals surface area contributed by atoms with E-state index in [1.807, 2.05) is 18.2 Å². The van der Waals surface area contributed by atoms with E-state index in [0.717, 1.165) is 29.8 Å². The molecule has 2 aromatic carbocycles. The standard InChI is InChI=1S/C19H20ClN3OS/c1-24-13-5-12-23-14-21-22-19(23)25-18(15-6-3-2-4-7-15)16-8-10-17(20)11-9-16/h2-4,6-11,14,18H,5,12-13H2,1H3. The van der Waals surface area contributed by atoms with E-state index in [1.165, 1.54) is 11.1 Å². The zero-order valence-corrected chi connectivity index (χ0v) is 15.6. The van der Waals surface area contributed by atoms with Gasteiger partial charge in [-0.3, -0.25) is 0 Å². The summed E-state index contributed by atoms with van der Waals surface area (Å²) in [6.07, 6.45) is 2.71. The SMILES string of the molecule is COCCCn1cnnc1SC(c1ccccc1)c1ccc(Cl)cc1. The number of aromatic nitrogens is 3. The van der Waals surface area contributed by atoms with Crippen molar-refractivity contribution < 1.29 is 4.74 Å². The number of methoxy groups -OCH3 is 1. The van der Waals surface area contributed by atoms with E-state index in [-0.39, 0.29) is 5.25 Å². The first-order valence-electron chi connectivity index (χ1n) is 8.11. The molecule has 0 saturated heterocycles. The summed E-state index contributed by atoms with van der Waals surface area (Å²) in [7, 11) is 1.72. The molecule has 0 radical (unpaired) electrons. The quantitative estimate of drug-likeness (QED) is 0.418. The smallest absolute Gasteiger partial charge is 0.191 e. The maximum atomic E-state index is 6.06. The lowest BCUT2D eigenvalue weighted by Crippen LogP contribution is -2.04. The Labute approximate surface area is 157 Å². The van der Waals surface area contributed by atoms with Gasteiger partial charge in [-0.25, -0.2) is 0 Å².